The van der Waals surface area contributed by atoms with Crippen molar-refractivity contribution >= 4 is 35.6 Å². The van der Waals surface area contributed by atoms with E-state index in [0.29, 0.717) is 6.42 Å². The largest absolute Gasteiger partial charge is 0.469 e. The third kappa shape index (κ3) is 10.2. The van der Waals surface area contributed by atoms with Crippen molar-refractivity contribution in [3.63, 3.8) is 0 Å². The zero-order valence-corrected chi connectivity index (χ0v) is 34.8. The summed E-state index contributed by atoms with van der Waals surface area (Å²) in [5.41, 5.74) is 8.18. The molecule has 3 amide bonds. The van der Waals surface area contributed by atoms with Crippen molar-refractivity contribution in [2.75, 3.05) is 26.0 Å². The predicted molar refractivity (Wildman–Crippen MR) is 240 cm³/mol. The van der Waals surface area contributed by atoms with E-state index in [1.165, 1.54) is 18.9 Å². The summed E-state index contributed by atoms with van der Waals surface area (Å²) in [4.78, 5) is 54.3. The molecule has 10 heteroatoms. The smallest absolute Gasteiger partial charge is 0.407 e. The number of hydrogen-bond donors (Lipinski definition) is 3. The summed E-state index contributed by atoms with van der Waals surface area (Å²) < 4.78 is 9.90. The highest BCUT2D eigenvalue weighted by molar-refractivity contribution is 8.00. The number of rotatable bonds is 18. The highest BCUT2D eigenvalue weighted by atomic mass is 32.2. The molecule has 310 valence electrons. The van der Waals surface area contributed by atoms with Gasteiger partial charge in [0.1, 0.15) is 18.7 Å². The molecule has 1 aliphatic rings. The molecule has 61 heavy (non-hydrogen) atoms. The zero-order valence-electron chi connectivity index (χ0n) is 34.0. The van der Waals surface area contributed by atoms with Crippen LogP contribution in [0.2, 0.25) is 0 Å². The first-order valence-electron chi connectivity index (χ1n) is 20.5. The first-order valence-corrected chi connectivity index (χ1v) is 21.5. The lowest BCUT2D eigenvalue weighted by molar-refractivity contribution is -0.140. The van der Waals surface area contributed by atoms with E-state index < -0.39 is 34.7 Å². The molecule has 7 rings (SSSR count). The number of ether oxygens (including phenoxy) is 2. The quantitative estimate of drug-likeness (QED) is 0.0452. The van der Waals surface area contributed by atoms with Crippen LogP contribution in [0.4, 0.5) is 4.79 Å². The van der Waals surface area contributed by atoms with Crippen LogP contribution in [0.1, 0.15) is 52.1 Å². The molecule has 0 saturated heterocycles. The lowest BCUT2D eigenvalue weighted by Crippen LogP contribution is -2.55. The van der Waals surface area contributed by atoms with Gasteiger partial charge in [0, 0.05) is 31.1 Å². The Labute approximate surface area is 361 Å². The van der Waals surface area contributed by atoms with Gasteiger partial charge in [0.15, 0.2) is 0 Å². The summed E-state index contributed by atoms with van der Waals surface area (Å²) in [5, 5.41) is 8.79. The number of hydrogen-bond acceptors (Lipinski definition) is 7. The normalized spacial score (nSPS) is 12.9. The van der Waals surface area contributed by atoms with Crippen LogP contribution in [0.5, 0.6) is 0 Å². The molecule has 0 fully saturated rings. The lowest BCUT2D eigenvalue weighted by atomic mass is 9.84. The molecule has 1 aliphatic carbocycles. The highest BCUT2D eigenvalue weighted by Crippen LogP contribution is 2.49. The molecule has 2 atom stereocenters. The first kappa shape index (κ1) is 42.5. The zero-order chi connectivity index (χ0) is 42.4. The maximum Gasteiger partial charge on any atom is 0.407 e. The van der Waals surface area contributed by atoms with Crippen molar-refractivity contribution in [2.24, 2.45) is 0 Å². The lowest BCUT2D eigenvalue weighted by Gasteiger charge is -2.36. The Morgan fingerprint density at radius 2 is 1.10 bits per heavy atom. The SMILES string of the molecule is COC(=O)CCCNC(=O)C(CSC(c1ccccc1)(c1ccccc1)c1ccccc1)NC(=O)C(Cc1ccccc1)NC(=O)OCC1c2ccccc2-c2ccccc21. The number of methoxy groups -OCH3 is 1. The van der Waals surface area contributed by atoms with Gasteiger partial charge in [-0.1, -0.05) is 170 Å². The van der Waals surface area contributed by atoms with Gasteiger partial charge in [0.25, 0.3) is 0 Å². The van der Waals surface area contributed by atoms with Crippen molar-refractivity contribution in [3.8, 4) is 11.1 Å². The number of carbonyl (C=O) groups is 4. The van der Waals surface area contributed by atoms with E-state index in [1.54, 1.807) is 0 Å². The van der Waals surface area contributed by atoms with Crippen LogP contribution in [0, 0.1) is 0 Å². The number of esters is 1. The van der Waals surface area contributed by atoms with Gasteiger partial charge in [-0.15, -0.1) is 11.8 Å². The number of carbonyl (C=O) groups excluding carboxylic acids is 4. The Morgan fingerprint density at radius 3 is 1.62 bits per heavy atom. The van der Waals surface area contributed by atoms with Gasteiger partial charge < -0.3 is 25.4 Å². The minimum absolute atomic E-state index is 0.0767. The van der Waals surface area contributed by atoms with Crippen molar-refractivity contribution in [1.82, 2.24) is 16.0 Å². The average Bonchev–Trinajstić information content (AvgIpc) is 3.63. The molecular formula is C51H49N3O6S. The minimum atomic E-state index is -1.08. The number of alkyl carbamates (subject to hydrolysis) is 1. The van der Waals surface area contributed by atoms with Gasteiger partial charge in [0.05, 0.1) is 11.9 Å². The van der Waals surface area contributed by atoms with Gasteiger partial charge >= 0.3 is 12.1 Å². The third-order valence-corrected chi connectivity index (χ3v) is 12.6. The van der Waals surface area contributed by atoms with Crippen LogP contribution in [0.3, 0.4) is 0 Å². The standard InChI is InChI=1S/C51H49N3O6S/c1-59-47(55)31-18-32-52-48(56)46(35-61-51(37-21-8-3-9-22-37,38-23-10-4-11-24-38)39-25-12-5-13-26-39)53-49(57)45(33-36-19-6-2-7-20-36)54-50(58)60-34-44-42-29-16-14-27-40(42)41-28-15-17-30-43(41)44/h2-17,19-30,44-46H,18,31-35H2,1H3,(H,52,56)(H,53,57)(H,54,58). The third-order valence-electron chi connectivity index (χ3n) is 11.0. The second-order valence-corrected chi connectivity index (χ2v) is 16.1. The molecule has 0 heterocycles. The molecule has 0 spiro atoms. The van der Waals surface area contributed by atoms with Crippen LogP contribution in [0.25, 0.3) is 11.1 Å². The Bertz CT molecular complexity index is 2260. The van der Waals surface area contributed by atoms with E-state index in [-0.39, 0.29) is 43.6 Å². The van der Waals surface area contributed by atoms with Crippen LogP contribution in [-0.4, -0.2) is 62.0 Å². The van der Waals surface area contributed by atoms with Gasteiger partial charge in [-0.2, -0.15) is 0 Å². The van der Waals surface area contributed by atoms with E-state index in [9.17, 15) is 19.2 Å². The second-order valence-electron chi connectivity index (χ2n) is 14.8. The molecule has 0 aromatic heterocycles. The fourth-order valence-electron chi connectivity index (χ4n) is 7.94. The maximum absolute atomic E-state index is 14.5. The number of nitrogens with one attached hydrogen (secondary N) is 3. The Hall–Kier alpha value is -6.65. The van der Waals surface area contributed by atoms with E-state index in [2.05, 4.69) is 64.5 Å². The van der Waals surface area contributed by atoms with Crippen molar-refractivity contribution in [3.05, 3.63) is 203 Å². The maximum atomic E-state index is 14.5. The summed E-state index contributed by atoms with van der Waals surface area (Å²) in [5.74, 6) is -1.36. The van der Waals surface area contributed by atoms with Crippen LogP contribution in [0.15, 0.2) is 170 Å². The number of amides is 3. The summed E-state index contributed by atoms with van der Waals surface area (Å²) in [7, 11) is 1.32. The number of thioether (sulfide) groups is 1. The fraction of sp³-hybridized carbons (Fsp3) is 0.216. The van der Waals surface area contributed by atoms with Crippen LogP contribution in [-0.2, 0) is 35.0 Å². The number of fused-ring (bicyclic) bond motifs is 3. The molecular weight excluding hydrogens is 783 g/mol. The fourth-order valence-corrected chi connectivity index (χ4v) is 9.50. The Balaban J connectivity index is 1.15. The summed E-state index contributed by atoms with van der Waals surface area (Å²) >= 11 is 1.53. The second kappa shape index (κ2) is 20.5. The molecule has 0 saturated carbocycles. The predicted octanol–water partition coefficient (Wildman–Crippen LogP) is 8.42. The van der Waals surface area contributed by atoms with E-state index in [4.69, 9.17) is 9.47 Å². The minimum Gasteiger partial charge on any atom is -0.469 e. The van der Waals surface area contributed by atoms with Crippen LogP contribution >= 0.6 is 11.8 Å². The first-order chi connectivity index (χ1) is 29.9. The highest BCUT2D eigenvalue weighted by Gasteiger charge is 2.39. The topological polar surface area (TPSA) is 123 Å². The molecule has 0 aliphatic heterocycles. The van der Waals surface area contributed by atoms with Crippen molar-refractivity contribution in [1.29, 1.82) is 0 Å². The van der Waals surface area contributed by atoms with Gasteiger partial charge in [-0.25, -0.2) is 4.79 Å². The van der Waals surface area contributed by atoms with E-state index in [1.807, 2.05) is 121 Å². The molecule has 0 radical (unpaired) electrons. The summed E-state index contributed by atoms with van der Waals surface area (Å²) in [6.45, 7) is 0.269. The van der Waals surface area contributed by atoms with Gasteiger partial charge in [-0.05, 0) is 50.9 Å². The van der Waals surface area contributed by atoms with Gasteiger partial charge in [-0.3, -0.25) is 14.4 Å². The molecule has 6 aromatic rings. The molecule has 9 nitrogen and oxygen atoms in total. The monoisotopic (exact) mass is 831 g/mol. The summed E-state index contributed by atoms with van der Waals surface area (Å²) in [6.07, 6.45) is -0.106. The van der Waals surface area contributed by atoms with E-state index >= 15 is 0 Å². The molecule has 3 N–H and O–H groups in total. The van der Waals surface area contributed by atoms with Crippen molar-refractivity contribution < 1.29 is 28.7 Å². The average molecular weight is 832 g/mol. The Morgan fingerprint density at radius 1 is 0.607 bits per heavy atom. The van der Waals surface area contributed by atoms with Gasteiger partial charge in [0.2, 0.25) is 11.8 Å². The van der Waals surface area contributed by atoms with Crippen LogP contribution < -0.4 is 16.0 Å². The summed E-state index contributed by atoms with van der Waals surface area (Å²) in [6, 6.07) is 53.7. The Kier molecular flexibility index (Phi) is 14.3. The molecule has 2 unspecified atom stereocenters. The van der Waals surface area contributed by atoms with Crippen molar-refractivity contribution in [2.45, 2.75) is 42.0 Å². The van der Waals surface area contributed by atoms with E-state index in [0.717, 1.165) is 44.5 Å². The molecule has 0 bridgehead atoms. The molecule has 6 aromatic carbocycles. The number of benzene rings is 6.